The number of nitrogens with zero attached hydrogens (tertiary/aromatic N) is 4. The lowest BCUT2D eigenvalue weighted by Gasteiger charge is -2.17. The molecule has 0 aliphatic heterocycles. The highest BCUT2D eigenvalue weighted by molar-refractivity contribution is 7.09. The topological polar surface area (TPSA) is 89.3 Å². The van der Waals surface area contributed by atoms with Crippen molar-refractivity contribution in [3.8, 4) is 0 Å². The molecule has 0 fully saturated rings. The second-order valence-corrected chi connectivity index (χ2v) is 7.82. The molecule has 0 saturated carbocycles. The van der Waals surface area contributed by atoms with E-state index in [2.05, 4.69) is 15.4 Å². The summed E-state index contributed by atoms with van der Waals surface area (Å²) in [5.41, 5.74) is 1.89. The largest absolute Gasteiger partial charge is 0.385 e. The summed E-state index contributed by atoms with van der Waals surface area (Å²) in [5.74, 6) is -0.435. The van der Waals surface area contributed by atoms with Gasteiger partial charge in [0.1, 0.15) is 0 Å². The molecule has 8 nitrogen and oxygen atoms in total. The van der Waals surface area contributed by atoms with Crippen molar-refractivity contribution >= 4 is 34.2 Å². The number of pyridine rings is 1. The molecule has 3 aromatic heterocycles. The summed E-state index contributed by atoms with van der Waals surface area (Å²) in [6.45, 7) is 3.53. The van der Waals surface area contributed by atoms with Gasteiger partial charge in [-0.1, -0.05) is 6.07 Å². The number of methoxy groups -OCH3 is 1. The fourth-order valence-corrected chi connectivity index (χ4v) is 3.69. The highest BCUT2D eigenvalue weighted by Gasteiger charge is 2.20. The number of hydrogen-bond acceptors (Lipinski definition) is 6. The van der Waals surface area contributed by atoms with Crippen LogP contribution in [0.2, 0.25) is 0 Å². The normalized spacial score (nSPS) is 11.0. The van der Waals surface area contributed by atoms with Gasteiger partial charge >= 0.3 is 0 Å². The summed E-state index contributed by atoms with van der Waals surface area (Å²) < 4.78 is 6.76. The smallest absolute Gasteiger partial charge is 0.254 e. The average molecular weight is 416 g/mol. The number of carbonyl (C=O) groups is 2. The van der Waals surface area contributed by atoms with Crippen LogP contribution in [0.3, 0.4) is 0 Å². The maximum absolute atomic E-state index is 13.0. The van der Waals surface area contributed by atoms with Crippen LogP contribution in [0.5, 0.6) is 0 Å². The number of amides is 2. The molecular formula is C20H25N5O3S. The summed E-state index contributed by atoms with van der Waals surface area (Å²) >= 11 is 1.65. The molecule has 0 radical (unpaired) electrons. The first-order valence-corrected chi connectivity index (χ1v) is 10.2. The Hall–Kier alpha value is -2.78. The van der Waals surface area contributed by atoms with E-state index in [1.54, 1.807) is 42.4 Å². The monoisotopic (exact) mass is 415 g/mol. The van der Waals surface area contributed by atoms with Crippen molar-refractivity contribution in [3.05, 3.63) is 45.9 Å². The van der Waals surface area contributed by atoms with Gasteiger partial charge in [0.15, 0.2) is 5.65 Å². The molecule has 0 unspecified atom stereocenters. The zero-order valence-corrected chi connectivity index (χ0v) is 17.7. The number of aromatic nitrogens is 3. The number of nitrogens with one attached hydrogen (secondary N) is 1. The molecule has 0 aromatic carbocycles. The second kappa shape index (κ2) is 9.62. The van der Waals surface area contributed by atoms with Gasteiger partial charge in [0.05, 0.1) is 30.2 Å². The number of ether oxygens (including phenoxy) is 1. The molecule has 9 heteroatoms. The number of hydrogen-bond donors (Lipinski definition) is 1. The molecule has 0 saturated heterocycles. The van der Waals surface area contributed by atoms with Crippen LogP contribution in [0.25, 0.3) is 11.0 Å². The van der Waals surface area contributed by atoms with Crippen molar-refractivity contribution in [2.75, 3.05) is 33.9 Å². The van der Waals surface area contributed by atoms with Gasteiger partial charge in [-0.25, -0.2) is 9.67 Å². The molecule has 3 aromatic rings. The lowest BCUT2D eigenvalue weighted by Crippen LogP contribution is -2.39. The molecule has 0 atom stereocenters. The summed E-state index contributed by atoms with van der Waals surface area (Å²) in [6.07, 6.45) is 2.40. The number of fused-ring (bicyclic) bond motifs is 1. The van der Waals surface area contributed by atoms with E-state index in [-0.39, 0.29) is 18.4 Å². The summed E-state index contributed by atoms with van der Waals surface area (Å²) in [7, 11) is 3.24. The van der Waals surface area contributed by atoms with Crippen molar-refractivity contribution in [3.63, 3.8) is 0 Å². The minimum atomic E-state index is -0.233. The molecule has 154 valence electrons. The van der Waals surface area contributed by atoms with Gasteiger partial charge < -0.3 is 15.0 Å². The Bertz CT molecular complexity index is 984. The number of likely N-dealkylation sites (N-methyl/N-ethyl adjacent to an activating group) is 1. The zero-order chi connectivity index (χ0) is 20.8. The average Bonchev–Trinajstić information content (AvgIpc) is 3.35. The Morgan fingerprint density at radius 3 is 2.93 bits per heavy atom. The third-order valence-corrected chi connectivity index (χ3v) is 5.29. The van der Waals surface area contributed by atoms with Gasteiger partial charge in [-0.3, -0.25) is 9.59 Å². The van der Waals surface area contributed by atoms with E-state index in [1.165, 1.54) is 4.90 Å². The maximum Gasteiger partial charge on any atom is 0.254 e. The molecule has 2 amide bonds. The van der Waals surface area contributed by atoms with Crippen LogP contribution >= 0.6 is 11.3 Å². The summed E-state index contributed by atoms with van der Waals surface area (Å²) in [4.78, 5) is 32.3. The molecule has 3 rings (SSSR count). The Balaban J connectivity index is 1.75. The molecule has 0 bridgehead atoms. The first-order chi connectivity index (χ1) is 14.0. The van der Waals surface area contributed by atoms with Gasteiger partial charge in [-0.05, 0) is 30.9 Å². The van der Waals surface area contributed by atoms with Crippen LogP contribution in [0.15, 0.2) is 29.8 Å². The van der Waals surface area contributed by atoms with Gasteiger partial charge in [0, 0.05) is 37.9 Å². The van der Waals surface area contributed by atoms with E-state index in [9.17, 15) is 9.59 Å². The first kappa shape index (κ1) is 20.9. The molecule has 0 aliphatic rings. The van der Waals surface area contributed by atoms with Crippen molar-refractivity contribution in [2.45, 2.75) is 19.9 Å². The third kappa shape index (κ3) is 5.18. The predicted molar refractivity (Wildman–Crippen MR) is 112 cm³/mol. The van der Waals surface area contributed by atoms with E-state index in [0.717, 1.165) is 17.0 Å². The third-order valence-electron chi connectivity index (χ3n) is 4.43. The van der Waals surface area contributed by atoms with Crippen LogP contribution in [-0.2, 0) is 16.1 Å². The van der Waals surface area contributed by atoms with Crippen LogP contribution < -0.4 is 5.32 Å². The van der Waals surface area contributed by atoms with Gasteiger partial charge in [-0.2, -0.15) is 5.10 Å². The van der Waals surface area contributed by atoms with Crippen LogP contribution in [-0.4, -0.2) is 65.3 Å². The van der Waals surface area contributed by atoms with Gasteiger partial charge in [0.2, 0.25) is 5.91 Å². The fourth-order valence-electron chi connectivity index (χ4n) is 3.01. The van der Waals surface area contributed by atoms with Crippen LogP contribution in [0.1, 0.15) is 27.3 Å². The zero-order valence-electron chi connectivity index (χ0n) is 16.8. The molecule has 1 N–H and O–H groups in total. The molecule has 0 aliphatic carbocycles. The minimum Gasteiger partial charge on any atom is -0.385 e. The Labute approximate surface area is 173 Å². The van der Waals surface area contributed by atoms with Crippen LogP contribution in [0, 0.1) is 6.92 Å². The SMILES string of the molecule is COCCCNC(=O)CN(C)C(=O)c1cc(C)nc2c1cnn2Cc1cccs1. The van der Waals surface area contributed by atoms with E-state index < -0.39 is 0 Å². The molecule has 3 heterocycles. The Morgan fingerprint density at radius 1 is 1.38 bits per heavy atom. The summed E-state index contributed by atoms with van der Waals surface area (Å²) in [6, 6.07) is 5.78. The summed E-state index contributed by atoms with van der Waals surface area (Å²) in [5, 5.41) is 9.93. The predicted octanol–water partition coefficient (Wildman–Crippen LogP) is 2.07. The van der Waals surface area contributed by atoms with Crippen molar-refractivity contribution in [1.82, 2.24) is 25.0 Å². The minimum absolute atomic E-state index is 0.0159. The highest BCUT2D eigenvalue weighted by Crippen LogP contribution is 2.21. The van der Waals surface area contributed by atoms with E-state index in [1.807, 2.05) is 24.4 Å². The molecule has 0 spiro atoms. The highest BCUT2D eigenvalue weighted by atomic mass is 32.1. The molecule has 29 heavy (non-hydrogen) atoms. The number of rotatable bonds is 9. The number of aryl methyl sites for hydroxylation is 1. The number of thiophene rings is 1. The van der Waals surface area contributed by atoms with Gasteiger partial charge in [-0.15, -0.1) is 11.3 Å². The van der Waals surface area contributed by atoms with E-state index in [0.29, 0.717) is 36.3 Å². The van der Waals surface area contributed by atoms with Crippen molar-refractivity contribution in [1.29, 1.82) is 0 Å². The van der Waals surface area contributed by atoms with Crippen molar-refractivity contribution in [2.24, 2.45) is 0 Å². The second-order valence-electron chi connectivity index (χ2n) is 6.79. The molecular weight excluding hydrogens is 390 g/mol. The fraction of sp³-hybridized carbons (Fsp3) is 0.400. The standard InChI is InChI=1S/C20H25N5O3S/c1-14-10-16(20(27)24(2)13-18(26)21-7-5-8-28-3)17-11-22-25(19(17)23-14)12-15-6-4-9-29-15/h4,6,9-11H,5,7-8,12-13H2,1-3H3,(H,21,26). The number of carbonyl (C=O) groups excluding carboxylic acids is 2. The van der Waals surface area contributed by atoms with E-state index >= 15 is 0 Å². The lowest BCUT2D eigenvalue weighted by molar-refractivity contribution is -0.121. The van der Waals surface area contributed by atoms with Crippen LogP contribution in [0.4, 0.5) is 0 Å². The quantitative estimate of drug-likeness (QED) is 0.541. The Morgan fingerprint density at radius 2 is 2.21 bits per heavy atom. The van der Waals surface area contributed by atoms with Gasteiger partial charge in [0.25, 0.3) is 5.91 Å². The Kier molecular flexibility index (Phi) is 6.95. The van der Waals surface area contributed by atoms with E-state index in [4.69, 9.17) is 4.74 Å². The lowest BCUT2D eigenvalue weighted by atomic mass is 10.1. The maximum atomic E-state index is 13.0. The first-order valence-electron chi connectivity index (χ1n) is 9.36. The van der Waals surface area contributed by atoms with Crippen molar-refractivity contribution < 1.29 is 14.3 Å².